The van der Waals surface area contributed by atoms with Crippen LogP contribution in [0.4, 0.5) is 18.9 Å². The number of H-pyrrole nitrogens is 1. The van der Waals surface area contributed by atoms with E-state index in [1.165, 1.54) is 29.9 Å². The van der Waals surface area contributed by atoms with E-state index in [2.05, 4.69) is 15.1 Å². The minimum absolute atomic E-state index is 0.154. The number of rotatable bonds is 5. The van der Waals surface area contributed by atoms with E-state index in [1.54, 1.807) is 6.92 Å². The van der Waals surface area contributed by atoms with Crippen molar-refractivity contribution in [1.82, 2.24) is 5.27 Å². The Morgan fingerprint density at radius 1 is 1.42 bits per heavy atom. The summed E-state index contributed by atoms with van der Waals surface area (Å²) in [6.45, 7) is 1.70. The number of carbonyl (C=O) groups is 1. The average Bonchev–Trinajstić information content (AvgIpc) is 2.83. The summed E-state index contributed by atoms with van der Waals surface area (Å²) in [5, 5.41) is 4.00. The van der Waals surface area contributed by atoms with Crippen molar-refractivity contribution in [3.05, 3.63) is 40.2 Å². The number of aromatic amines is 1. The molecular formula is C14H15F3N3O3S+. The molecule has 1 unspecified atom stereocenters. The first-order valence-electron chi connectivity index (χ1n) is 6.95. The molecule has 2 aromatic rings. The molecule has 0 saturated carbocycles. The molecule has 0 aliphatic carbocycles. The van der Waals surface area contributed by atoms with Gasteiger partial charge in [-0.05, 0) is 35.6 Å². The molecule has 0 spiro atoms. The van der Waals surface area contributed by atoms with Crippen LogP contribution in [0.1, 0.15) is 18.9 Å². The Labute approximate surface area is 139 Å². The highest BCUT2D eigenvalue weighted by Crippen LogP contribution is 2.35. The number of aryl methyl sites for hydroxylation is 1. The summed E-state index contributed by atoms with van der Waals surface area (Å²) in [6, 6.07) is 4.72. The minimum atomic E-state index is -4.58. The number of amides is 1. The summed E-state index contributed by atoms with van der Waals surface area (Å²) in [5.41, 5.74) is -1.89. The van der Waals surface area contributed by atoms with Gasteiger partial charge >= 0.3 is 16.8 Å². The van der Waals surface area contributed by atoms with Gasteiger partial charge in [-0.3, -0.25) is 9.32 Å². The van der Waals surface area contributed by atoms with Crippen LogP contribution in [0.2, 0.25) is 0 Å². The molecule has 0 aliphatic rings. The van der Waals surface area contributed by atoms with Gasteiger partial charge in [0, 0.05) is 0 Å². The van der Waals surface area contributed by atoms with Crippen molar-refractivity contribution in [2.75, 3.05) is 5.32 Å². The lowest BCUT2D eigenvalue weighted by molar-refractivity contribution is -0.772. The van der Waals surface area contributed by atoms with Crippen molar-refractivity contribution in [3.63, 3.8) is 0 Å². The number of carbonyl (C=O) groups excluding carboxylic acids is 1. The van der Waals surface area contributed by atoms with Crippen molar-refractivity contribution in [3.8, 4) is 0 Å². The second-order valence-corrected chi connectivity index (χ2v) is 6.08. The van der Waals surface area contributed by atoms with E-state index in [0.717, 1.165) is 17.8 Å². The number of thioether (sulfide) groups is 1. The van der Waals surface area contributed by atoms with Gasteiger partial charge in [-0.25, -0.2) is 4.79 Å². The van der Waals surface area contributed by atoms with Gasteiger partial charge < -0.3 is 5.32 Å². The van der Waals surface area contributed by atoms with Gasteiger partial charge in [0.2, 0.25) is 5.91 Å². The highest BCUT2D eigenvalue weighted by atomic mass is 32.2. The monoisotopic (exact) mass is 362 g/mol. The predicted molar refractivity (Wildman–Crippen MR) is 80.5 cm³/mol. The number of nitrogens with one attached hydrogen (secondary N) is 2. The minimum Gasteiger partial charge on any atom is -0.325 e. The highest BCUT2D eigenvalue weighted by Gasteiger charge is 2.34. The zero-order valence-electron chi connectivity index (χ0n) is 12.8. The second kappa shape index (κ2) is 7.12. The molecule has 1 heterocycles. The second-order valence-electron chi connectivity index (χ2n) is 4.89. The number of hydrogen-bond donors (Lipinski definition) is 2. The third-order valence-electron chi connectivity index (χ3n) is 3.16. The van der Waals surface area contributed by atoms with E-state index in [4.69, 9.17) is 0 Å². The van der Waals surface area contributed by atoms with Crippen LogP contribution in [0, 0.1) is 0 Å². The molecule has 1 amide bonds. The van der Waals surface area contributed by atoms with Crippen LogP contribution < -0.4 is 15.6 Å². The largest absolute Gasteiger partial charge is 0.441 e. The third-order valence-corrected chi connectivity index (χ3v) is 4.66. The number of anilines is 1. The fourth-order valence-corrected chi connectivity index (χ4v) is 2.90. The SMILES string of the molecule is CCC(Sc1c(=O)o[nH][n+]1C)C(=O)Nc1ccccc1C(F)(F)F. The van der Waals surface area contributed by atoms with Crippen LogP contribution in [0.25, 0.3) is 0 Å². The maximum Gasteiger partial charge on any atom is 0.441 e. The Bertz CT molecular complexity index is 785. The van der Waals surface area contributed by atoms with E-state index in [9.17, 15) is 22.8 Å². The summed E-state index contributed by atoms with van der Waals surface area (Å²) >= 11 is 0.921. The van der Waals surface area contributed by atoms with Gasteiger partial charge in [-0.2, -0.15) is 13.2 Å². The summed E-state index contributed by atoms with van der Waals surface area (Å²) in [4.78, 5) is 23.9. The first-order chi connectivity index (χ1) is 11.2. The molecule has 0 bridgehead atoms. The van der Waals surface area contributed by atoms with Gasteiger partial charge in [-0.1, -0.05) is 23.7 Å². The van der Waals surface area contributed by atoms with Gasteiger partial charge in [0.05, 0.1) is 16.5 Å². The van der Waals surface area contributed by atoms with E-state index in [-0.39, 0.29) is 10.7 Å². The number of benzene rings is 1. The highest BCUT2D eigenvalue weighted by molar-refractivity contribution is 8.00. The number of halogens is 3. The first kappa shape index (κ1) is 18.1. The Kier molecular flexibility index (Phi) is 5.37. The molecule has 24 heavy (non-hydrogen) atoms. The molecule has 6 nitrogen and oxygen atoms in total. The topological polar surface area (TPSA) is 79.0 Å². The summed E-state index contributed by atoms with van der Waals surface area (Å²) in [6.07, 6.45) is -4.26. The zero-order valence-corrected chi connectivity index (χ0v) is 13.6. The van der Waals surface area contributed by atoms with E-state index in [0.29, 0.717) is 6.42 Å². The van der Waals surface area contributed by atoms with Crippen molar-refractivity contribution >= 4 is 23.4 Å². The zero-order chi connectivity index (χ0) is 17.9. The molecule has 1 aromatic heterocycles. The molecule has 2 rings (SSSR count). The fourth-order valence-electron chi connectivity index (χ4n) is 1.97. The summed E-state index contributed by atoms with van der Waals surface area (Å²) in [7, 11) is 1.52. The predicted octanol–water partition coefficient (Wildman–Crippen LogP) is 2.32. The first-order valence-corrected chi connectivity index (χ1v) is 7.83. The van der Waals surface area contributed by atoms with Crippen LogP contribution in [0.15, 0.2) is 38.6 Å². The Morgan fingerprint density at radius 3 is 2.62 bits per heavy atom. The Balaban J connectivity index is 2.21. The molecule has 0 fully saturated rings. The standard InChI is InChI=1S/C14H14F3N3O3S/c1-3-10(24-12-13(22)23-19-20(12)2)11(21)18-9-7-5-4-6-8(9)14(15,16)17/h4-7,10H,3H2,1-2H3,(H-,18,19,21,22)/p+1. The molecule has 0 saturated heterocycles. The number of para-hydroxylation sites is 1. The summed E-state index contributed by atoms with van der Waals surface area (Å²) < 4.78 is 44.8. The molecule has 1 atom stereocenters. The van der Waals surface area contributed by atoms with Gasteiger partial charge in [-0.15, -0.1) is 0 Å². The van der Waals surface area contributed by atoms with Gasteiger partial charge in [0.25, 0.3) is 0 Å². The van der Waals surface area contributed by atoms with Crippen LogP contribution in [0.5, 0.6) is 0 Å². The molecule has 2 N–H and O–H groups in total. The van der Waals surface area contributed by atoms with E-state index in [1.807, 2.05) is 0 Å². The van der Waals surface area contributed by atoms with Crippen LogP contribution in [0.3, 0.4) is 0 Å². The molecule has 0 aliphatic heterocycles. The Hall–Kier alpha value is -2.23. The van der Waals surface area contributed by atoms with Gasteiger partial charge in [0.1, 0.15) is 0 Å². The van der Waals surface area contributed by atoms with Crippen molar-refractivity contribution in [2.24, 2.45) is 7.05 Å². The Morgan fingerprint density at radius 2 is 2.08 bits per heavy atom. The summed E-state index contributed by atoms with van der Waals surface area (Å²) in [5.74, 6) is -0.625. The van der Waals surface area contributed by atoms with Crippen LogP contribution in [-0.4, -0.2) is 16.4 Å². The van der Waals surface area contributed by atoms with Crippen LogP contribution in [-0.2, 0) is 18.0 Å². The maximum atomic E-state index is 13.0. The number of nitrogens with zero attached hydrogens (tertiary/aromatic N) is 1. The maximum absolute atomic E-state index is 13.0. The van der Waals surface area contributed by atoms with Gasteiger partial charge in [0.15, 0.2) is 7.05 Å². The van der Waals surface area contributed by atoms with Crippen molar-refractivity contribution < 1.29 is 27.2 Å². The average molecular weight is 362 g/mol. The number of aromatic nitrogens is 2. The van der Waals surface area contributed by atoms with Crippen molar-refractivity contribution in [1.29, 1.82) is 0 Å². The quantitative estimate of drug-likeness (QED) is 0.632. The normalized spacial score (nSPS) is 12.9. The molecule has 1 aromatic carbocycles. The lowest BCUT2D eigenvalue weighted by Crippen LogP contribution is -2.36. The van der Waals surface area contributed by atoms with Crippen molar-refractivity contribution in [2.45, 2.75) is 29.8 Å². The van der Waals surface area contributed by atoms with E-state index >= 15 is 0 Å². The van der Waals surface area contributed by atoms with E-state index < -0.39 is 28.5 Å². The molecule has 10 heteroatoms. The van der Waals surface area contributed by atoms with Crippen LogP contribution >= 0.6 is 11.8 Å². The smallest absolute Gasteiger partial charge is 0.325 e. The molecule has 130 valence electrons. The lowest BCUT2D eigenvalue weighted by atomic mass is 10.1. The number of alkyl halides is 3. The molecule has 0 radical (unpaired) electrons. The third kappa shape index (κ3) is 3.99. The fraction of sp³-hybridized carbons (Fsp3) is 0.357. The lowest BCUT2D eigenvalue weighted by Gasteiger charge is -2.16. The number of hydrogen-bond acceptors (Lipinski definition) is 4. The molecular weight excluding hydrogens is 347 g/mol.